The summed E-state index contributed by atoms with van der Waals surface area (Å²) in [4.78, 5) is 0. The van der Waals surface area contributed by atoms with Gasteiger partial charge in [0.2, 0.25) is 11.8 Å². The van der Waals surface area contributed by atoms with E-state index in [1.807, 2.05) is 0 Å². The van der Waals surface area contributed by atoms with Crippen LogP contribution in [0.3, 0.4) is 0 Å². The molecule has 0 atom stereocenters. The van der Waals surface area contributed by atoms with E-state index in [9.17, 15) is 5.11 Å². The molecular weight excluding hydrogens is 204 g/mol. The van der Waals surface area contributed by atoms with Crippen molar-refractivity contribution < 1.29 is 10.2 Å². The number of unbranched alkanes of at least 4 members (excludes halogenated alkanes) is 6. The first-order valence-electron chi connectivity index (χ1n) is 6.20. The van der Waals surface area contributed by atoms with Crippen molar-refractivity contribution in [1.29, 1.82) is 0 Å². The monoisotopic (exact) mass is 226 g/mol. The maximum absolute atomic E-state index is 9.34. The van der Waals surface area contributed by atoms with Gasteiger partial charge in [-0.3, -0.25) is 0 Å². The number of aromatic nitrogens is 2. The van der Waals surface area contributed by atoms with Crippen molar-refractivity contribution in [2.24, 2.45) is 0 Å². The Balaban J connectivity index is 2.05. The zero-order valence-corrected chi connectivity index (χ0v) is 10.0. The van der Waals surface area contributed by atoms with Gasteiger partial charge in [-0.1, -0.05) is 45.4 Å². The van der Waals surface area contributed by atoms with Crippen molar-refractivity contribution in [3.8, 4) is 11.8 Å². The third kappa shape index (κ3) is 4.55. The van der Waals surface area contributed by atoms with Crippen molar-refractivity contribution in [3.05, 3.63) is 6.07 Å². The Hall–Kier alpha value is -1.19. The predicted octanol–water partition coefficient (Wildman–Crippen LogP) is 3.04. The molecule has 0 saturated carbocycles. The number of hydrogen-bond acceptors (Lipinski definition) is 3. The smallest absolute Gasteiger partial charge is 0.234 e. The lowest BCUT2D eigenvalue weighted by molar-refractivity contribution is 0.383. The number of aromatic hydroxyl groups is 2. The molecule has 92 valence electrons. The van der Waals surface area contributed by atoms with Gasteiger partial charge in [0.15, 0.2) is 0 Å². The third-order valence-electron chi connectivity index (χ3n) is 2.72. The molecular formula is C12H22N2O2. The lowest BCUT2D eigenvalue weighted by Crippen LogP contribution is -1.99. The van der Waals surface area contributed by atoms with E-state index in [-0.39, 0.29) is 11.8 Å². The van der Waals surface area contributed by atoms with Gasteiger partial charge < -0.3 is 10.2 Å². The van der Waals surface area contributed by atoms with Crippen LogP contribution in [0.2, 0.25) is 0 Å². The van der Waals surface area contributed by atoms with E-state index < -0.39 is 0 Å². The van der Waals surface area contributed by atoms with E-state index in [0.717, 1.165) is 12.8 Å². The number of aryl methyl sites for hydroxylation is 1. The fraction of sp³-hybridized carbons (Fsp3) is 0.750. The van der Waals surface area contributed by atoms with Gasteiger partial charge in [-0.2, -0.15) is 0 Å². The van der Waals surface area contributed by atoms with Gasteiger partial charge in [0.25, 0.3) is 0 Å². The largest absolute Gasteiger partial charge is 0.493 e. The molecule has 4 nitrogen and oxygen atoms in total. The van der Waals surface area contributed by atoms with Gasteiger partial charge in [-0.05, 0) is 6.42 Å². The molecule has 0 unspecified atom stereocenters. The first-order valence-corrected chi connectivity index (χ1v) is 6.20. The van der Waals surface area contributed by atoms with Gasteiger partial charge >= 0.3 is 0 Å². The Morgan fingerprint density at radius 1 is 1.06 bits per heavy atom. The first-order chi connectivity index (χ1) is 7.74. The van der Waals surface area contributed by atoms with Crippen LogP contribution in [0.15, 0.2) is 6.07 Å². The summed E-state index contributed by atoms with van der Waals surface area (Å²) < 4.78 is 1.45. The van der Waals surface area contributed by atoms with Gasteiger partial charge in [-0.15, -0.1) is 5.10 Å². The molecule has 1 aromatic rings. The summed E-state index contributed by atoms with van der Waals surface area (Å²) in [6.07, 6.45) is 8.63. The summed E-state index contributed by atoms with van der Waals surface area (Å²) in [5.41, 5.74) is 0. The Labute approximate surface area is 96.9 Å². The zero-order chi connectivity index (χ0) is 11.8. The summed E-state index contributed by atoms with van der Waals surface area (Å²) in [5, 5.41) is 22.2. The molecule has 0 aliphatic heterocycles. The van der Waals surface area contributed by atoms with Gasteiger partial charge in [0.1, 0.15) is 0 Å². The second-order valence-electron chi connectivity index (χ2n) is 4.21. The van der Waals surface area contributed by atoms with Crippen LogP contribution in [-0.2, 0) is 6.54 Å². The average molecular weight is 226 g/mol. The zero-order valence-electron chi connectivity index (χ0n) is 10.0. The molecule has 0 aliphatic rings. The topological polar surface area (TPSA) is 58.3 Å². The summed E-state index contributed by atoms with van der Waals surface area (Å²) >= 11 is 0. The second-order valence-corrected chi connectivity index (χ2v) is 4.21. The first kappa shape index (κ1) is 12.9. The van der Waals surface area contributed by atoms with Crippen molar-refractivity contribution in [3.63, 3.8) is 0 Å². The Kier molecular flexibility index (Phi) is 5.75. The molecule has 0 fully saturated rings. The van der Waals surface area contributed by atoms with Crippen LogP contribution in [0.1, 0.15) is 51.9 Å². The van der Waals surface area contributed by atoms with E-state index in [1.165, 1.54) is 42.9 Å². The van der Waals surface area contributed by atoms with E-state index in [1.54, 1.807) is 0 Å². The molecule has 16 heavy (non-hydrogen) atoms. The minimum atomic E-state index is -0.111. The highest BCUT2D eigenvalue weighted by atomic mass is 16.3. The Morgan fingerprint density at radius 2 is 1.69 bits per heavy atom. The molecule has 0 amide bonds. The molecule has 1 rings (SSSR count). The highest BCUT2D eigenvalue weighted by molar-refractivity contribution is 5.17. The lowest BCUT2D eigenvalue weighted by atomic mass is 10.1. The van der Waals surface area contributed by atoms with E-state index in [4.69, 9.17) is 5.11 Å². The highest BCUT2D eigenvalue weighted by Gasteiger charge is 2.03. The van der Waals surface area contributed by atoms with Crippen LogP contribution >= 0.6 is 0 Å². The van der Waals surface area contributed by atoms with Gasteiger partial charge in [0.05, 0.1) is 6.07 Å². The highest BCUT2D eigenvalue weighted by Crippen LogP contribution is 2.17. The molecule has 0 saturated heterocycles. The van der Waals surface area contributed by atoms with Crippen molar-refractivity contribution in [2.45, 2.75) is 58.4 Å². The average Bonchev–Trinajstić information content (AvgIpc) is 2.56. The normalized spacial score (nSPS) is 10.8. The molecule has 2 N–H and O–H groups in total. The molecule has 0 spiro atoms. The van der Waals surface area contributed by atoms with Crippen LogP contribution in [-0.4, -0.2) is 20.0 Å². The second kappa shape index (κ2) is 7.14. The van der Waals surface area contributed by atoms with Crippen LogP contribution in [0.5, 0.6) is 11.8 Å². The Morgan fingerprint density at radius 3 is 2.25 bits per heavy atom. The predicted molar refractivity (Wildman–Crippen MR) is 63.5 cm³/mol. The standard InChI is InChI=1S/C12H22N2O2/c1-2-3-4-5-6-7-8-9-14-12(16)10-11(15)13-14/h10,16H,2-9H2,1H3,(H,13,15). The lowest BCUT2D eigenvalue weighted by Gasteiger charge is -2.03. The molecule has 0 aromatic carbocycles. The quantitative estimate of drug-likeness (QED) is 0.670. The van der Waals surface area contributed by atoms with Crippen molar-refractivity contribution >= 4 is 0 Å². The molecule has 0 radical (unpaired) electrons. The summed E-state index contributed by atoms with van der Waals surface area (Å²) in [6, 6.07) is 1.27. The van der Waals surface area contributed by atoms with E-state index in [2.05, 4.69) is 12.0 Å². The summed E-state index contributed by atoms with van der Waals surface area (Å²) in [7, 11) is 0. The number of rotatable bonds is 8. The van der Waals surface area contributed by atoms with Crippen LogP contribution in [0.25, 0.3) is 0 Å². The number of hydrogen-bond donors (Lipinski definition) is 2. The van der Waals surface area contributed by atoms with Gasteiger partial charge in [-0.25, -0.2) is 4.68 Å². The fourth-order valence-corrected chi connectivity index (χ4v) is 1.78. The van der Waals surface area contributed by atoms with E-state index >= 15 is 0 Å². The maximum Gasteiger partial charge on any atom is 0.234 e. The van der Waals surface area contributed by atoms with Crippen LogP contribution in [0.4, 0.5) is 0 Å². The van der Waals surface area contributed by atoms with Crippen LogP contribution in [0, 0.1) is 0 Å². The third-order valence-corrected chi connectivity index (χ3v) is 2.72. The van der Waals surface area contributed by atoms with Crippen molar-refractivity contribution in [2.75, 3.05) is 0 Å². The minimum absolute atomic E-state index is 0.0449. The molecule has 4 heteroatoms. The maximum atomic E-state index is 9.34. The molecule has 0 aliphatic carbocycles. The van der Waals surface area contributed by atoms with Crippen molar-refractivity contribution in [1.82, 2.24) is 9.78 Å². The summed E-state index contributed by atoms with van der Waals surface area (Å²) in [6.45, 7) is 2.90. The molecule has 1 heterocycles. The number of nitrogens with zero attached hydrogens (tertiary/aromatic N) is 2. The SMILES string of the molecule is CCCCCCCCCn1nc(O)cc1O. The van der Waals surface area contributed by atoms with Crippen LogP contribution < -0.4 is 0 Å². The minimum Gasteiger partial charge on any atom is -0.493 e. The Bertz CT molecular complexity index is 297. The van der Waals surface area contributed by atoms with E-state index in [0.29, 0.717) is 6.54 Å². The fourth-order valence-electron chi connectivity index (χ4n) is 1.78. The van der Waals surface area contributed by atoms with Gasteiger partial charge in [0, 0.05) is 6.54 Å². The summed E-state index contributed by atoms with van der Waals surface area (Å²) in [5.74, 6) is -0.0658. The molecule has 0 bridgehead atoms. The molecule has 1 aromatic heterocycles.